The number of benzene rings is 3. The van der Waals surface area contributed by atoms with E-state index in [1.165, 1.54) is 21.6 Å². The molecule has 6 nitrogen and oxygen atoms in total. The zero-order chi connectivity index (χ0) is 25.0. The minimum Gasteiger partial charge on any atom is -0.323 e. The molecule has 0 saturated carbocycles. The molecule has 0 unspecified atom stereocenters. The molecule has 36 heavy (non-hydrogen) atoms. The summed E-state index contributed by atoms with van der Waals surface area (Å²) in [6.07, 6.45) is 1.33. The van der Waals surface area contributed by atoms with Gasteiger partial charge in [-0.1, -0.05) is 91.0 Å². The topological polar surface area (TPSA) is 55.9 Å². The molecule has 0 radical (unpaired) electrons. The average molecular weight is 483 g/mol. The van der Waals surface area contributed by atoms with Gasteiger partial charge in [0.1, 0.15) is 5.54 Å². The summed E-state index contributed by atoms with van der Waals surface area (Å²) in [6.45, 7) is 5.51. The predicted octanol–water partition coefficient (Wildman–Crippen LogP) is 4.29. The third-order valence-corrected chi connectivity index (χ3v) is 7.45. The van der Waals surface area contributed by atoms with Crippen LogP contribution in [0.3, 0.4) is 0 Å². The lowest BCUT2D eigenvalue weighted by Gasteiger charge is -2.40. The second kappa shape index (κ2) is 10.6. The highest BCUT2D eigenvalue weighted by atomic mass is 16.2. The number of carbonyl (C=O) groups excluding carboxylic acids is 2. The van der Waals surface area contributed by atoms with Gasteiger partial charge < -0.3 is 5.32 Å². The Bertz CT molecular complexity index is 1120. The van der Waals surface area contributed by atoms with Crippen molar-refractivity contribution in [1.29, 1.82) is 0 Å². The van der Waals surface area contributed by atoms with Crippen LogP contribution in [0.2, 0.25) is 0 Å². The number of imide groups is 1. The molecule has 2 fully saturated rings. The molecule has 3 aromatic rings. The maximum Gasteiger partial charge on any atom is 0.326 e. The molecule has 2 aliphatic heterocycles. The highest BCUT2D eigenvalue weighted by molar-refractivity contribution is 6.06. The largest absolute Gasteiger partial charge is 0.326 e. The molecule has 3 amide bonds. The van der Waals surface area contributed by atoms with Crippen LogP contribution >= 0.6 is 0 Å². The van der Waals surface area contributed by atoms with Crippen LogP contribution in [0.25, 0.3) is 0 Å². The van der Waals surface area contributed by atoms with Gasteiger partial charge in [0.2, 0.25) is 0 Å². The number of hydrogen-bond acceptors (Lipinski definition) is 4. The van der Waals surface area contributed by atoms with E-state index in [4.69, 9.17) is 0 Å². The SMILES string of the molecule is C[C@@]1(CCc2ccccc2)NC(=O)N(CN2CCN(C(c3ccccc3)c3ccccc3)CC2)C1=O. The van der Waals surface area contributed by atoms with Gasteiger partial charge in [0.15, 0.2) is 0 Å². The van der Waals surface area contributed by atoms with Crippen molar-refractivity contribution in [3.63, 3.8) is 0 Å². The Kier molecular flexibility index (Phi) is 7.16. The van der Waals surface area contributed by atoms with E-state index < -0.39 is 5.54 Å². The maximum absolute atomic E-state index is 13.3. The standard InChI is InChI=1S/C30H34N4O2/c1-30(18-17-24-11-5-2-6-12-24)28(35)34(29(36)31-30)23-32-19-21-33(22-20-32)27(25-13-7-3-8-14-25)26-15-9-4-10-16-26/h2-16,27H,17-23H2,1H3,(H,31,36)/t30-/m0/s1. The number of nitrogens with one attached hydrogen (secondary N) is 1. The predicted molar refractivity (Wildman–Crippen MR) is 141 cm³/mol. The molecular weight excluding hydrogens is 448 g/mol. The Morgan fingerprint density at radius 2 is 1.31 bits per heavy atom. The number of carbonyl (C=O) groups is 2. The van der Waals surface area contributed by atoms with Crippen molar-refractivity contribution in [2.45, 2.75) is 31.3 Å². The van der Waals surface area contributed by atoms with Crippen molar-refractivity contribution in [2.75, 3.05) is 32.8 Å². The molecule has 1 N–H and O–H groups in total. The number of piperazine rings is 1. The van der Waals surface area contributed by atoms with E-state index in [0.29, 0.717) is 13.1 Å². The fourth-order valence-electron chi connectivity index (χ4n) is 5.33. The van der Waals surface area contributed by atoms with E-state index in [1.807, 2.05) is 25.1 Å². The van der Waals surface area contributed by atoms with Crippen LogP contribution in [-0.4, -0.2) is 65.0 Å². The molecule has 0 bridgehead atoms. The normalized spacial score (nSPS) is 21.2. The van der Waals surface area contributed by atoms with Crippen LogP contribution in [0.4, 0.5) is 4.79 Å². The van der Waals surface area contributed by atoms with E-state index in [-0.39, 0.29) is 18.0 Å². The van der Waals surface area contributed by atoms with Crippen LogP contribution in [0, 0.1) is 0 Å². The number of hydrogen-bond donors (Lipinski definition) is 1. The van der Waals surface area contributed by atoms with Crippen LogP contribution in [0.5, 0.6) is 0 Å². The summed E-state index contributed by atoms with van der Waals surface area (Å²) in [5, 5.41) is 2.96. The highest BCUT2D eigenvalue weighted by Crippen LogP contribution is 2.30. The summed E-state index contributed by atoms with van der Waals surface area (Å²) in [5.74, 6) is -0.127. The summed E-state index contributed by atoms with van der Waals surface area (Å²) in [4.78, 5) is 32.2. The first kappa shape index (κ1) is 24.2. The molecule has 0 aromatic heterocycles. The quantitative estimate of drug-likeness (QED) is 0.487. The van der Waals surface area contributed by atoms with Crippen LogP contribution in [0.1, 0.15) is 36.1 Å². The van der Waals surface area contributed by atoms with Crippen molar-refractivity contribution in [3.05, 3.63) is 108 Å². The van der Waals surface area contributed by atoms with E-state index in [2.05, 4.69) is 87.9 Å². The fraction of sp³-hybridized carbons (Fsp3) is 0.333. The molecule has 2 aliphatic rings. The minimum atomic E-state index is -0.861. The van der Waals surface area contributed by atoms with Crippen molar-refractivity contribution in [1.82, 2.24) is 20.0 Å². The maximum atomic E-state index is 13.3. The first-order valence-corrected chi connectivity index (χ1v) is 12.8. The zero-order valence-corrected chi connectivity index (χ0v) is 20.8. The van der Waals surface area contributed by atoms with Crippen molar-refractivity contribution >= 4 is 11.9 Å². The lowest BCUT2D eigenvalue weighted by Crippen LogP contribution is -2.52. The van der Waals surface area contributed by atoms with E-state index >= 15 is 0 Å². The van der Waals surface area contributed by atoms with Gasteiger partial charge >= 0.3 is 6.03 Å². The summed E-state index contributed by atoms with van der Waals surface area (Å²) in [5.41, 5.74) is 2.86. The molecule has 2 heterocycles. The molecule has 1 atom stereocenters. The first-order chi connectivity index (χ1) is 17.5. The van der Waals surface area contributed by atoms with Crippen molar-refractivity contribution in [3.8, 4) is 0 Å². The minimum absolute atomic E-state index is 0.127. The van der Waals surface area contributed by atoms with Crippen molar-refractivity contribution < 1.29 is 9.59 Å². The number of nitrogens with zero attached hydrogens (tertiary/aromatic N) is 3. The van der Waals surface area contributed by atoms with E-state index in [0.717, 1.165) is 32.6 Å². The lowest BCUT2D eigenvalue weighted by molar-refractivity contribution is -0.132. The van der Waals surface area contributed by atoms with Crippen LogP contribution < -0.4 is 5.32 Å². The second-order valence-electron chi connectivity index (χ2n) is 10.0. The Balaban J connectivity index is 1.21. The molecule has 6 heteroatoms. The Hall–Kier alpha value is -3.48. The van der Waals surface area contributed by atoms with Crippen LogP contribution in [0.15, 0.2) is 91.0 Å². The van der Waals surface area contributed by atoms with Crippen molar-refractivity contribution in [2.24, 2.45) is 0 Å². The molecule has 3 aromatic carbocycles. The number of urea groups is 1. The Labute approximate surface area is 213 Å². The second-order valence-corrected chi connectivity index (χ2v) is 10.0. The monoisotopic (exact) mass is 482 g/mol. The Morgan fingerprint density at radius 3 is 1.86 bits per heavy atom. The van der Waals surface area contributed by atoms with Gasteiger partial charge in [-0.05, 0) is 36.5 Å². The molecular formula is C30H34N4O2. The first-order valence-electron chi connectivity index (χ1n) is 12.8. The van der Waals surface area contributed by atoms with E-state index in [9.17, 15) is 9.59 Å². The summed E-state index contributed by atoms with van der Waals surface area (Å²) < 4.78 is 0. The van der Waals surface area contributed by atoms with Gasteiger partial charge in [0.25, 0.3) is 5.91 Å². The third kappa shape index (κ3) is 5.20. The molecule has 2 saturated heterocycles. The van der Waals surface area contributed by atoms with Crippen LogP contribution in [-0.2, 0) is 11.2 Å². The molecule has 186 valence electrons. The summed E-state index contributed by atoms with van der Waals surface area (Å²) in [7, 11) is 0. The van der Waals surface area contributed by atoms with Gasteiger partial charge in [0.05, 0.1) is 12.7 Å². The van der Waals surface area contributed by atoms with E-state index in [1.54, 1.807) is 0 Å². The smallest absolute Gasteiger partial charge is 0.323 e. The Morgan fingerprint density at radius 1 is 0.778 bits per heavy atom. The number of amides is 3. The van der Waals surface area contributed by atoms with Gasteiger partial charge in [-0.2, -0.15) is 0 Å². The number of aryl methyl sites for hydroxylation is 1. The van der Waals surface area contributed by atoms with Gasteiger partial charge in [-0.3, -0.25) is 14.6 Å². The van der Waals surface area contributed by atoms with Gasteiger partial charge in [0, 0.05) is 26.2 Å². The third-order valence-electron chi connectivity index (χ3n) is 7.45. The lowest BCUT2D eigenvalue weighted by atomic mass is 9.93. The zero-order valence-electron chi connectivity index (χ0n) is 20.8. The molecule has 0 spiro atoms. The van der Waals surface area contributed by atoms with Gasteiger partial charge in [-0.25, -0.2) is 9.69 Å². The van der Waals surface area contributed by atoms with Gasteiger partial charge in [-0.15, -0.1) is 0 Å². The fourth-order valence-corrected chi connectivity index (χ4v) is 5.33. The summed E-state index contributed by atoms with van der Waals surface area (Å²) in [6, 6.07) is 31.2. The number of rotatable bonds is 8. The molecule has 5 rings (SSSR count). The highest BCUT2D eigenvalue weighted by Gasteiger charge is 2.47. The average Bonchev–Trinajstić information content (AvgIpc) is 3.13. The summed E-state index contributed by atoms with van der Waals surface area (Å²) >= 11 is 0. The molecule has 0 aliphatic carbocycles.